The molecule has 0 saturated heterocycles. The van der Waals surface area contributed by atoms with Gasteiger partial charge in [-0.3, -0.25) is 4.79 Å². The number of ketones is 1. The summed E-state index contributed by atoms with van der Waals surface area (Å²) in [5, 5.41) is 4.52. The summed E-state index contributed by atoms with van der Waals surface area (Å²) >= 11 is 3.34. The summed E-state index contributed by atoms with van der Waals surface area (Å²) in [4.78, 5) is 20.0. The fourth-order valence-electron chi connectivity index (χ4n) is 4.35. The summed E-state index contributed by atoms with van der Waals surface area (Å²) in [6.45, 7) is 5.13. The van der Waals surface area contributed by atoms with Gasteiger partial charge in [0.05, 0.1) is 10.2 Å². The lowest BCUT2D eigenvalue weighted by Crippen LogP contribution is -2.35. The molecular weight excluding hydrogens is 431 g/mol. The first-order chi connectivity index (χ1) is 15.0. The van der Waals surface area contributed by atoms with Crippen molar-refractivity contribution in [2.45, 2.75) is 64.5 Å². The average Bonchev–Trinajstić information content (AvgIpc) is 3.28. The first kappa shape index (κ1) is 22.5. The second kappa shape index (κ2) is 9.86. The first-order valence-electron chi connectivity index (χ1n) is 10.9. The standard InChI is InChI=1S/C24H29FN2O2S2/c1-14-11-18-22(24-27-19-12-16(25)8-9-20(19)31-24)21(30-23(18)15(2)26-14)13-17(28)7-5-4-6-10-29-3/h8-9,12,14-15,26H,4-7,10-11,13H2,1-3H3. The quantitative estimate of drug-likeness (QED) is 0.393. The Morgan fingerprint density at radius 3 is 2.90 bits per heavy atom. The van der Waals surface area contributed by atoms with Crippen molar-refractivity contribution < 1.29 is 13.9 Å². The fraction of sp³-hybridized carbons (Fsp3) is 0.500. The van der Waals surface area contributed by atoms with E-state index >= 15 is 0 Å². The molecule has 0 saturated carbocycles. The number of aromatic nitrogens is 1. The number of halogens is 1. The molecule has 4 rings (SSSR count). The summed E-state index contributed by atoms with van der Waals surface area (Å²) in [7, 11) is 1.71. The van der Waals surface area contributed by atoms with E-state index < -0.39 is 0 Å². The molecule has 2 atom stereocenters. The predicted octanol–water partition coefficient (Wildman–Crippen LogP) is 6.08. The molecule has 1 aliphatic heterocycles. The Bertz CT molecular complexity index is 1080. The van der Waals surface area contributed by atoms with Crippen LogP contribution in [0, 0.1) is 5.82 Å². The number of hydrogen-bond acceptors (Lipinski definition) is 6. The minimum atomic E-state index is -0.271. The van der Waals surface area contributed by atoms with Crippen LogP contribution in [0.1, 0.15) is 60.9 Å². The highest BCUT2D eigenvalue weighted by Crippen LogP contribution is 2.45. The molecule has 0 aliphatic carbocycles. The van der Waals surface area contributed by atoms with Crippen molar-refractivity contribution in [2.75, 3.05) is 13.7 Å². The summed E-state index contributed by atoms with van der Waals surface area (Å²) < 4.78 is 19.8. The van der Waals surface area contributed by atoms with Crippen molar-refractivity contribution in [2.24, 2.45) is 0 Å². The highest BCUT2D eigenvalue weighted by molar-refractivity contribution is 7.22. The Morgan fingerprint density at radius 1 is 1.26 bits per heavy atom. The van der Waals surface area contributed by atoms with Gasteiger partial charge in [-0.2, -0.15) is 0 Å². The largest absolute Gasteiger partial charge is 0.385 e. The van der Waals surface area contributed by atoms with Gasteiger partial charge in [-0.1, -0.05) is 6.42 Å². The average molecular weight is 461 g/mol. The van der Waals surface area contributed by atoms with Crippen LogP contribution in [-0.4, -0.2) is 30.5 Å². The maximum absolute atomic E-state index is 13.7. The molecule has 7 heteroatoms. The molecule has 0 fully saturated rings. The maximum Gasteiger partial charge on any atom is 0.138 e. The molecule has 0 bridgehead atoms. The van der Waals surface area contributed by atoms with Gasteiger partial charge in [0, 0.05) is 60.0 Å². The van der Waals surface area contributed by atoms with Gasteiger partial charge in [-0.25, -0.2) is 9.37 Å². The highest BCUT2D eigenvalue weighted by Gasteiger charge is 2.30. The third-order valence-corrected chi connectivity index (χ3v) is 8.24. The van der Waals surface area contributed by atoms with E-state index in [-0.39, 0.29) is 17.6 Å². The first-order valence-corrected chi connectivity index (χ1v) is 12.6. The molecule has 0 amide bonds. The number of thiazole rings is 1. The number of methoxy groups -OCH3 is 1. The van der Waals surface area contributed by atoms with Crippen molar-refractivity contribution in [3.05, 3.63) is 39.3 Å². The zero-order valence-electron chi connectivity index (χ0n) is 18.3. The molecule has 4 nitrogen and oxygen atoms in total. The summed E-state index contributed by atoms with van der Waals surface area (Å²) in [5.74, 6) is 0.00472. The number of carbonyl (C=O) groups excluding carboxylic acids is 1. The molecule has 2 unspecified atom stereocenters. The van der Waals surface area contributed by atoms with Crippen molar-refractivity contribution >= 4 is 38.7 Å². The lowest BCUT2D eigenvalue weighted by Gasteiger charge is -2.26. The number of carbonyl (C=O) groups is 1. The van der Waals surface area contributed by atoms with E-state index in [1.807, 2.05) is 0 Å². The van der Waals surface area contributed by atoms with E-state index in [0.29, 0.717) is 24.4 Å². The summed E-state index contributed by atoms with van der Waals surface area (Å²) in [6.07, 6.45) is 4.86. The van der Waals surface area contributed by atoms with Crippen molar-refractivity contribution in [1.82, 2.24) is 10.3 Å². The fourth-order valence-corrected chi connectivity index (χ4v) is 6.83. The molecule has 0 radical (unpaired) electrons. The van der Waals surface area contributed by atoms with E-state index in [2.05, 4.69) is 19.2 Å². The van der Waals surface area contributed by atoms with Crippen LogP contribution >= 0.6 is 22.7 Å². The van der Waals surface area contributed by atoms with Crippen LogP contribution in [0.3, 0.4) is 0 Å². The maximum atomic E-state index is 13.7. The molecule has 0 spiro atoms. The zero-order chi connectivity index (χ0) is 22.0. The van der Waals surface area contributed by atoms with E-state index in [4.69, 9.17) is 9.72 Å². The second-order valence-electron chi connectivity index (χ2n) is 8.39. The Kier molecular flexibility index (Phi) is 7.16. The number of fused-ring (bicyclic) bond motifs is 2. The number of thiophene rings is 1. The predicted molar refractivity (Wildman–Crippen MR) is 127 cm³/mol. The molecule has 3 heterocycles. The van der Waals surface area contributed by atoms with Gasteiger partial charge < -0.3 is 10.1 Å². The number of unbranched alkanes of at least 4 members (excludes halogenated alkanes) is 2. The van der Waals surface area contributed by atoms with Crippen molar-refractivity contribution in [1.29, 1.82) is 0 Å². The summed E-state index contributed by atoms with van der Waals surface area (Å²) in [6, 6.07) is 5.39. The van der Waals surface area contributed by atoms with Gasteiger partial charge in [0.2, 0.25) is 0 Å². The number of hydrogen-bond donors (Lipinski definition) is 1. The molecule has 1 aromatic carbocycles. The van der Waals surface area contributed by atoms with Gasteiger partial charge in [-0.15, -0.1) is 22.7 Å². The van der Waals surface area contributed by atoms with Crippen molar-refractivity contribution in [3.8, 4) is 10.6 Å². The van der Waals surface area contributed by atoms with Crippen LogP contribution < -0.4 is 5.32 Å². The monoisotopic (exact) mass is 460 g/mol. The molecule has 1 aliphatic rings. The van der Waals surface area contributed by atoms with Crippen LogP contribution in [0.25, 0.3) is 20.8 Å². The molecule has 166 valence electrons. The minimum absolute atomic E-state index is 0.257. The number of rotatable bonds is 9. The molecule has 2 aromatic heterocycles. The highest BCUT2D eigenvalue weighted by atomic mass is 32.1. The second-order valence-corrected chi connectivity index (χ2v) is 10.6. The molecule has 3 aromatic rings. The van der Waals surface area contributed by atoms with Gasteiger partial charge in [-0.05, 0) is 50.8 Å². The van der Waals surface area contributed by atoms with Gasteiger partial charge >= 0.3 is 0 Å². The number of nitrogens with one attached hydrogen (secondary N) is 1. The van der Waals surface area contributed by atoms with E-state index in [1.54, 1.807) is 35.8 Å². The Labute approximate surface area is 190 Å². The third kappa shape index (κ3) is 5.06. The lowest BCUT2D eigenvalue weighted by atomic mass is 9.94. The molecular formula is C24H29FN2O2S2. The van der Waals surface area contributed by atoms with Gasteiger partial charge in [0.1, 0.15) is 16.6 Å². The Morgan fingerprint density at radius 2 is 2.10 bits per heavy atom. The zero-order valence-corrected chi connectivity index (χ0v) is 19.9. The van der Waals surface area contributed by atoms with Crippen LogP contribution in [0.15, 0.2) is 18.2 Å². The van der Waals surface area contributed by atoms with Crippen LogP contribution in [-0.2, 0) is 22.4 Å². The molecule has 31 heavy (non-hydrogen) atoms. The minimum Gasteiger partial charge on any atom is -0.385 e. The van der Waals surface area contributed by atoms with Crippen molar-refractivity contribution in [3.63, 3.8) is 0 Å². The van der Waals surface area contributed by atoms with Gasteiger partial charge in [0.25, 0.3) is 0 Å². The van der Waals surface area contributed by atoms with Gasteiger partial charge in [0.15, 0.2) is 0 Å². The number of ether oxygens (including phenoxy) is 1. The topological polar surface area (TPSA) is 51.2 Å². The summed E-state index contributed by atoms with van der Waals surface area (Å²) in [5.41, 5.74) is 3.12. The molecule has 1 N–H and O–H groups in total. The van der Waals surface area contributed by atoms with E-state index in [0.717, 1.165) is 52.4 Å². The lowest BCUT2D eigenvalue weighted by molar-refractivity contribution is -0.118. The number of nitrogens with zero attached hydrogens (tertiary/aromatic N) is 1. The SMILES string of the molecule is COCCCCCC(=O)Cc1sc2c(c1-c1nc3cc(F)ccc3s1)CC(C)NC2C. The van der Waals surface area contributed by atoms with Crippen LogP contribution in [0.4, 0.5) is 4.39 Å². The normalized spacial score (nSPS) is 18.5. The number of benzene rings is 1. The van der Waals surface area contributed by atoms with E-state index in [9.17, 15) is 9.18 Å². The third-order valence-electron chi connectivity index (χ3n) is 5.77. The van der Waals surface area contributed by atoms with Crippen LogP contribution in [0.2, 0.25) is 0 Å². The van der Waals surface area contributed by atoms with E-state index in [1.165, 1.54) is 22.6 Å². The Balaban J connectivity index is 1.65. The Hall–Kier alpha value is -1.67. The van der Waals surface area contributed by atoms with Crippen LogP contribution in [0.5, 0.6) is 0 Å². The number of Topliss-reactive ketones (excluding diaryl/α,β-unsaturated/α-hetero) is 1. The smallest absolute Gasteiger partial charge is 0.138 e.